The zero-order valence-electron chi connectivity index (χ0n) is 15.8. The van der Waals surface area contributed by atoms with Crippen LogP contribution in [-0.4, -0.2) is 39.5 Å². The molecule has 0 radical (unpaired) electrons. The van der Waals surface area contributed by atoms with Gasteiger partial charge < -0.3 is 10.2 Å². The number of anilines is 2. The molecule has 0 aliphatic carbocycles. The molecule has 3 heterocycles. The molecule has 0 bridgehead atoms. The lowest BCUT2D eigenvalue weighted by Gasteiger charge is -2.36. The molecule has 25 heavy (non-hydrogen) atoms. The molecule has 3 rings (SSSR count). The van der Waals surface area contributed by atoms with Gasteiger partial charge in [-0.15, -0.1) is 0 Å². The number of piperidine rings is 1. The monoisotopic (exact) mass is 339 g/mol. The Morgan fingerprint density at radius 1 is 1.28 bits per heavy atom. The minimum atomic E-state index is 0.327. The number of aryl methyl sites for hydroxylation is 1. The number of pyridine rings is 1. The Balaban J connectivity index is 1.71. The summed E-state index contributed by atoms with van der Waals surface area (Å²) in [5.41, 5.74) is 2.51. The third-order valence-corrected chi connectivity index (χ3v) is 4.53. The second kappa shape index (κ2) is 7.48. The van der Waals surface area contributed by atoms with Crippen molar-refractivity contribution in [1.82, 2.24) is 19.9 Å². The van der Waals surface area contributed by atoms with Crippen molar-refractivity contribution in [2.24, 2.45) is 5.41 Å². The van der Waals surface area contributed by atoms with E-state index in [2.05, 4.69) is 41.0 Å². The number of nitrogens with zero attached hydrogens (tertiary/aromatic N) is 4. The first kappa shape index (κ1) is 17.8. The molecular weight excluding hydrogens is 310 g/mol. The van der Waals surface area contributed by atoms with Gasteiger partial charge in [-0.05, 0) is 43.4 Å². The molecule has 0 saturated carbocycles. The average Bonchev–Trinajstić information content (AvgIpc) is 2.56. The van der Waals surface area contributed by atoms with Gasteiger partial charge in [-0.2, -0.15) is 0 Å². The third-order valence-electron chi connectivity index (χ3n) is 4.53. The van der Waals surface area contributed by atoms with Crippen LogP contribution in [0, 0.1) is 12.3 Å². The quantitative estimate of drug-likeness (QED) is 0.907. The Morgan fingerprint density at radius 2 is 2.12 bits per heavy atom. The maximum atomic E-state index is 4.82. The summed E-state index contributed by atoms with van der Waals surface area (Å²) < 4.78 is 0. The van der Waals surface area contributed by atoms with Crippen molar-refractivity contribution < 1.29 is 0 Å². The smallest absolute Gasteiger partial charge is 0.150 e. The number of likely N-dealkylation sites (tertiary alicyclic amines) is 1. The van der Waals surface area contributed by atoms with Crippen molar-refractivity contribution >= 4 is 11.6 Å². The van der Waals surface area contributed by atoms with E-state index in [0.29, 0.717) is 11.3 Å². The lowest BCUT2D eigenvalue weighted by atomic mass is 9.91. The largest absolute Gasteiger partial charge is 0.323 e. The second-order valence-electron chi connectivity index (χ2n) is 8.26. The predicted molar refractivity (Wildman–Crippen MR) is 102 cm³/mol. The maximum absolute atomic E-state index is 4.82. The van der Waals surface area contributed by atoms with E-state index in [1.165, 1.54) is 19.4 Å². The van der Waals surface area contributed by atoms with Crippen molar-refractivity contribution in [2.45, 2.75) is 46.5 Å². The van der Waals surface area contributed by atoms with E-state index < -0.39 is 0 Å². The van der Waals surface area contributed by atoms with Gasteiger partial charge in [-0.25, -0.2) is 9.97 Å². The van der Waals surface area contributed by atoms with Crippen LogP contribution in [0.1, 0.15) is 50.8 Å². The molecule has 1 fully saturated rings. The molecule has 0 aromatic carbocycles. The first-order valence-electron chi connectivity index (χ1n) is 9.14. The lowest BCUT2D eigenvalue weighted by Crippen LogP contribution is -2.39. The fourth-order valence-electron chi connectivity index (χ4n) is 3.49. The van der Waals surface area contributed by atoms with Gasteiger partial charge >= 0.3 is 0 Å². The van der Waals surface area contributed by atoms with Gasteiger partial charge in [0.15, 0.2) is 0 Å². The average molecular weight is 339 g/mol. The minimum Gasteiger partial charge on any atom is -0.323 e. The highest BCUT2D eigenvalue weighted by molar-refractivity contribution is 5.54. The fraction of sp³-hybridized carbons (Fsp3) is 0.550. The zero-order valence-corrected chi connectivity index (χ0v) is 15.8. The highest BCUT2D eigenvalue weighted by atomic mass is 15.1. The summed E-state index contributed by atoms with van der Waals surface area (Å²) in [7, 11) is 0. The number of hydrogen-bond donors (Lipinski definition) is 1. The first-order valence-corrected chi connectivity index (χ1v) is 9.14. The number of hydrogen-bond acceptors (Lipinski definition) is 5. The number of rotatable bonds is 4. The maximum Gasteiger partial charge on any atom is 0.150 e. The standard InChI is InChI=1S/C20H29N5/c1-15-7-5-9-22-19(15)24-18-12-21-11-17(23-18)16-8-6-10-25(13-16)14-20(2,3)4/h5,7,9,11-12,16H,6,8,10,13-14H2,1-4H3,(H,22,23,24)/t16-/m1/s1. The highest BCUT2D eigenvalue weighted by Gasteiger charge is 2.25. The molecule has 1 aliphatic rings. The molecule has 1 atom stereocenters. The van der Waals surface area contributed by atoms with Crippen LogP contribution in [0.3, 0.4) is 0 Å². The Kier molecular flexibility index (Phi) is 5.33. The van der Waals surface area contributed by atoms with Gasteiger partial charge in [0.05, 0.1) is 11.9 Å². The molecule has 0 spiro atoms. The van der Waals surface area contributed by atoms with E-state index >= 15 is 0 Å². The summed E-state index contributed by atoms with van der Waals surface area (Å²) >= 11 is 0. The van der Waals surface area contributed by atoms with Crippen molar-refractivity contribution in [1.29, 1.82) is 0 Å². The molecule has 134 valence electrons. The van der Waals surface area contributed by atoms with Crippen LogP contribution in [0.25, 0.3) is 0 Å². The zero-order chi connectivity index (χ0) is 17.9. The summed E-state index contributed by atoms with van der Waals surface area (Å²) in [6.45, 7) is 12.3. The Hall–Kier alpha value is -2.01. The van der Waals surface area contributed by atoms with E-state index in [-0.39, 0.29) is 0 Å². The van der Waals surface area contributed by atoms with Gasteiger partial charge in [-0.3, -0.25) is 4.98 Å². The summed E-state index contributed by atoms with van der Waals surface area (Å²) in [6.07, 6.45) is 7.88. The third kappa shape index (κ3) is 4.98. The van der Waals surface area contributed by atoms with Crippen LogP contribution in [0.4, 0.5) is 11.6 Å². The lowest BCUT2D eigenvalue weighted by molar-refractivity contribution is 0.149. The van der Waals surface area contributed by atoms with Gasteiger partial charge in [-0.1, -0.05) is 26.8 Å². The van der Waals surface area contributed by atoms with Crippen molar-refractivity contribution in [2.75, 3.05) is 25.0 Å². The molecule has 5 nitrogen and oxygen atoms in total. The first-order chi connectivity index (χ1) is 11.9. The van der Waals surface area contributed by atoms with Crippen LogP contribution in [0.5, 0.6) is 0 Å². The Labute approximate surface area is 150 Å². The van der Waals surface area contributed by atoms with Crippen molar-refractivity contribution in [3.8, 4) is 0 Å². The van der Waals surface area contributed by atoms with Gasteiger partial charge in [0.25, 0.3) is 0 Å². The van der Waals surface area contributed by atoms with Gasteiger partial charge in [0.1, 0.15) is 11.6 Å². The number of aromatic nitrogens is 3. The number of nitrogens with one attached hydrogen (secondary N) is 1. The van der Waals surface area contributed by atoms with Crippen LogP contribution >= 0.6 is 0 Å². The van der Waals surface area contributed by atoms with Crippen LogP contribution < -0.4 is 5.32 Å². The van der Waals surface area contributed by atoms with Crippen LogP contribution in [0.15, 0.2) is 30.7 Å². The SMILES string of the molecule is Cc1cccnc1Nc1cncc([C@@H]2CCCN(CC(C)(C)C)C2)n1. The second-order valence-corrected chi connectivity index (χ2v) is 8.26. The van der Waals surface area contributed by atoms with Crippen LogP contribution in [0.2, 0.25) is 0 Å². The van der Waals surface area contributed by atoms with E-state index in [4.69, 9.17) is 4.98 Å². The summed E-state index contributed by atoms with van der Waals surface area (Å²) in [5, 5.41) is 3.30. The molecule has 1 aliphatic heterocycles. The van der Waals surface area contributed by atoms with E-state index in [1.54, 1.807) is 12.4 Å². The van der Waals surface area contributed by atoms with Gasteiger partial charge in [0.2, 0.25) is 0 Å². The molecule has 2 aromatic rings. The predicted octanol–water partition coefficient (Wildman–Crippen LogP) is 4.15. The molecule has 0 unspecified atom stereocenters. The summed E-state index contributed by atoms with van der Waals surface area (Å²) in [4.78, 5) is 16.2. The summed E-state index contributed by atoms with van der Waals surface area (Å²) in [5.74, 6) is 2.06. The minimum absolute atomic E-state index is 0.327. The normalized spacial score (nSPS) is 19.0. The highest BCUT2D eigenvalue weighted by Crippen LogP contribution is 2.28. The van der Waals surface area contributed by atoms with E-state index in [0.717, 1.165) is 36.0 Å². The molecular formula is C20H29N5. The van der Waals surface area contributed by atoms with Crippen molar-refractivity contribution in [3.63, 3.8) is 0 Å². The van der Waals surface area contributed by atoms with E-state index in [1.807, 2.05) is 25.3 Å². The molecule has 0 amide bonds. The summed E-state index contributed by atoms with van der Waals surface area (Å²) in [6, 6.07) is 3.98. The molecule has 2 aromatic heterocycles. The Morgan fingerprint density at radius 3 is 2.88 bits per heavy atom. The fourth-order valence-corrected chi connectivity index (χ4v) is 3.49. The Bertz CT molecular complexity index is 707. The van der Waals surface area contributed by atoms with Gasteiger partial charge in [0, 0.05) is 31.4 Å². The van der Waals surface area contributed by atoms with Crippen molar-refractivity contribution in [3.05, 3.63) is 42.0 Å². The van der Waals surface area contributed by atoms with Crippen LogP contribution in [-0.2, 0) is 0 Å². The van der Waals surface area contributed by atoms with E-state index in [9.17, 15) is 0 Å². The molecule has 1 N–H and O–H groups in total. The topological polar surface area (TPSA) is 53.9 Å². The molecule has 5 heteroatoms. The molecule has 1 saturated heterocycles.